The lowest BCUT2D eigenvalue weighted by Gasteiger charge is -1.93. The molecule has 0 aromatic carbocycles. The molecule has 0 saturated heterocycles. The van der Waals surface area contributed by atoms with Crippen LogP contribution in [0, 0.1) is 0 Å². The number of primary amides is 1. The van der Waals surface area contributed by atoms with Crippen molar-refractivity contribution in [1.82, 2.24) is 16.4 Å². The molecule has 0 atom stereocenters. The molecular weight excluding hydrogens is 200 g/mol. The van der Waals surface area contributed by atoms with E-state index >= 15 is 0 Å². The summed E-state index contributed by atoms with van der Waals surface area (Å²) in [6, 6.07) is 0. The first-order chi connectivity index (χ1) is 6.54. The lowest BCUT2D eigenvalue weighted by atomic mass is 11.2. The molecule has 0 rings (SSSR count). The van der Waals surface area contributed by atoms with Gasteiger partial charge in [0.2, 0.25) is 12.8 Å². The van der Waals surface area contributed by atoms with E-state index in [0.717, 1.165) is 0 Å². The van der Waals surface area contributed by atoms with Gasteiger partial charge in [0.1, 0.15) is 0 Å². The summed E-state index contributed by atoms with van der Waals surface area (Å²) in [5.74, 6) is 0. The van der Waals surface area contributed by atoms with Crippen molar-refractivity contribution in [3.63, 3.8) is 0 Å². The third-order valence-corrected chi connectivity index (χ3v) is 0.450. The van der Waals surface area contributed by atoms with E-state index in [1.165, 1.54) is 0 Å². The van der Waals surface area contributed by atoms with Crippen LogP contribution in [0.25, 0.3) is 0 Å². The molecule has 10 nitrogen and oxygen atoms in total. The summed E-state index contributed by atoms with van der Waals surface area (Å²) < 4.78 is 3.31. The quantitative estimate of drug-likeness (QED) is 0.114. The zero-order valence-electron chi connectivity index (χ0n) is 6.72. The van der Waals surface area contributed by atoms with Gasteiger partial charge in [0.15, 0.2) is 0 Å². The summed E-state index contributed by atoms with van der Waals surface area (Å²) in [4.78, 5) is 37.4. The highest BCUT2D eigenvalue weighted by molar-refractivity contribution is 5.78. The Morgan fingerprint density at radius 3 is 1.79 bits per heavy atom. The SMILES string of the molecule is NC(=O)OC(=O)O.O=CNNNC=O. The van der Waals surface area contributed by atoms with Crippen LogP contribution in [0.15, 0.2) is 0 Å². The summed E-state index contributed by atoms with van der Waals surface area (Å²) in [5, 5.41) is 7.56. The number of hydrogen-bond donors (Lipinski definition) is 5. The minimum Gasteiger partial charge on any atom is -0.449 e. The van der Waals surface area contributed by atoms with Crippen molar-refractivity contribution >= 4 is 25.1 Å². The third kappa shape index (κ3) is 22.6. The number of hydrogen-bond acceptors (Lipinski definition) is 6. The third-order valence-electron chi connectivity index (χ3n) is 0.450. The lowest BCUT2D eigenvalue weighted by molar-refractivity contribution is -0.112. The summed E-state index contributed by atoms with van der Waals surface area (Å²) in [6.45, 7) is 0. The standard InChI is InChI=1S/C2H5N3O2.C2H3NO4/c6-1-3-5-4-2-7;3-1(4)7-2(5)6/h1-2,5H,(H,3,6)(H,4,7);(H2,3,4)(H,5,6). The number of nitrogens with one attached hydrogen (secondary N) is 3. The van der Waals surface area contributed by atoms with Crippen molar-refractivity contribution in [2.75, 3.05) is 0 Å². The fraction of sp³-hybridized carbons (Fsp3) is 0. The Balaban J connectivity index is 0. The molecule has 80 valence electrons. The van der Waals surface area contributed by atoms with Crippen molar-refractivity contribution in [2.24, 2.45) is 5.73 Å². The molecule has 0 fully saturated rings. The first-order valence-corrected chi connectivity index (χ1v) is 2.88. The number of carbonyl (C=O) groups excluding carboxylic acids is 3. The summed E-state index contributed by atoms with van der Waals surface area (Å²) in [7, 11) is 0. The lowest BCUT2D eigenvalue weighted by Crippen LogP contribution is -2.41. The fourth-order valence-corrected chi connectivity index (χ4v) is 0.187. The van der Waals surface area contributed by atoms with Gasteiger partial charge < -0.3 is 15.6 Å². The second kappa shape index (κ2) is 10.6. The van der Waals surface area contributed by atoms with E-state index in [1.54, 1.807) is 0 Å². The van der Waals surface area contributed by atoms with Crippen LogP contribution in [0.3, 0.4) is 0 Å². The largest absolute Gasteiger partial charge is 0.514 e. The van der Waals surface area contributed by atoms with Crippen LogP contribution in [-0.2, 0) is 14.3 Å². The highest BCUT2D eigenvalue weighted by Crippen LogP contribution is 1.70. The van der Waals surface area contributed by atoms with E-state index in [9.17, 15) is 19.2 Å². The first-order valence-electron chi connectivity index (χ1n) is 2.88. The normalized spacial score (nSPS) is 7.14. The number of hydrazine groups is 2. The molecule has 3 amide bonds. The van der Waals surface area contributed by atoms with Crippen molar-refractivity contribution < 1.29 is 29.0 Å². The minimum atomic E-state index is -1.69. The van der Waals surface area contributed by atoms with Gasteiger partial charge in [0.25, 0.3) is 0 Å². The number of carbonyl (C=O) groups is 4. The van der Waals surface area contributed by atoms with Gasteiger partial charge in [0, 0.05) is 0 Å². The number of amides is 3. The molecule has 0 aromatic heterocycles. The van der Waals surface area contributed by atoms with Gasteiger partial charge >= 0.3 is 12.2 Å². The average Bonchev–Trinajstić information content (AvgIpc) is 2.04. The predicted molar refractivity (Wildman–Crippen MR) is 40.2 cm³/mol. The minimum absolute atomic E-state index is 0.399. The van der Waals surface area contributed by atoms with E-state index in [2.05, 4.69) is 10.5 Å². The average molecular weight is 208 g/mol. The number of ether oxygens (including phenoxy) is 1. The molecule has 0 unspecified atom stereocenters. The van der Waals surface area contributed by atoms with Gasteiger partial charge in [0.05, 0.1) is 0 Å². The van der Waals surface area contributed by atoms with Crippen LogP contribution in [0.1, 0.15) is 0 Å². The van der Waals surface area contributed by atoms with Gasteiger partial charge in [-0.05, 0) is 0 Å². The summed E-state index contributed by atoms with van der Waals surface area (Å²) in [5.41, 5.74) is 10.3. The van der Waals surface area contributed by atoms with Crippen LogP contribution < -0.4 is 22.1 Å². The Labute approximate surface area is 77.3 Å². The summed E-state index contributed by atoms with van der Waals surface area (Å²) >= 11 is 0. The molecule has 6 N–H and O–H groups in total. The smallest absolute Gasteiger partial charge is 0.449 e. The maximum absolute atomic E-state index is 9.43. The highest BCUT2D eigenvalue weighted by Gasteiger charge is 1.98. The molecule has 0 bridgehead atoms. The highest BCUT2D eigenvalue weighted by atomic mass is 16.7. The Morgan fingerprint density at radius 1 is 1.21 bits per heavy atom. The molecule has 0 aliphatic heterocycles. The topological polar surface area (TPSA) is 160 Å². The van der Waals surface area contributed by atoms with E-state index in [-0.39, 0.29) is 0 Å². The summed E-state index contributed by atoms with van der Waals surface area (Å²) in [6.07, 6.45) is -2.20. The second-order valence-corrected chi connectivity index (χ2v) is 1.34. The fourth-order valence-electron chi connectivity index (χ4n) is 0.187. The molecule has 10 heteroatoms. The first kappa shape index (κ1) is 14.2. The van der Waals surface area contributed by atoms with Gasteiger partial charge in [-0.25, -0.2) is 9.59 Å². The molecule has 0 spiro atoms. The predicted octanol–water partition coefficient (Wildman–Crippen LogP) is -2.34. The van der Waals surface area contributed by atoms with Gasteiger partial charge in [-0.1, -0.05) is 0 Å². The monoisotopic (exact) mass is 208 g/mol. The van der Waals surface area contributed by atoms with E-state index in [0.29, 0.717) is 12.8 Å². The maximum Gasteiger partial charge on any atom is 0.514 e. The molecule has 0 radical (unpaired) electrons. The van der Waals surface area contributed by atoms with Crippen LogP contribution in [0.5, 0.6) is 0 Å². The van der Waals surface area contributed by atoms with Gasteiger partial charge in [-0.15, -0.1) is 5.53 Å². The Morgan fingerprint density at radius 2 is 1.64 bits per heavy atom. The van der Waals surface area contributed by atoms with Crippen LogP contribution in [-0.4, -0.2) is 30.2 Å². The van der Waals surface area contributed by atoms with E-state index < -0.39 is 12.2 Å². The Kier molecular flexibility index (Phi) is 10.8. The zero-order valence-corrected chi connectivity index (χ0v) is 6.72. The van der Waals surface area contributed by atoms with Crippen LogP contribution in [0.2, 0.25) is 0 Å². The number of rotatable bonds is 4. The Bertz CT molecular complexity index is 186. The van der Waals surface area contributed by atoms with Crippen LogP contribution >= 0.6 is 0 Å². The van der Waals surface area contributed by atoms with Gasteiger partial charge in [-0.3, -0.25) is 20.4 Å². The number of nitrogens with two attached hydrogens (primary N) is 1. The molecule has 14 heavy (non-hydrogen) atoms. The molecular formula is C4H8N4O6. The molecule has 0 heterocycles. The molecule has 0 aliphatic carbocycles. The Hall–Kier alpha value is -2.36. The molecule has 0 aliphatic rings. The molecule has 0 saturated carbocycles. The van der Waals surface area contributed by atoms with Crippen molar-refractivity contribution in [3.05, 3.63) is 0 Å². The van der Waals surface area contributed by atoms with Gasteiger partial charge in [-0.2, -0.15) is 0 Å². The van der Waals surface area contributed by atoms with Crippen molar-refractivity contribution in [2.45, 2.75) is 0 Å². The second-order valence-electron chi connectivity index (χ2n) is 1.34. The van der Waals surface area contributed by atoms with Crippen LogP contribution in [0.4, 0.5) is 9.59 Å². The number of carboxylic acid groups (broad SMARTS) is 1. The van der Waals surface area contributed by atoms with Crippen molar-refractivity contribution in [1.29, 1.82) is 0 Å². The van der Waals surface area contributed by atoms with Crippen molar-refractivity contribution in [3.8, 4) is 0 Å². The van der Waals surface area contributed by atoms with E-state index in [4.69, 9.17) is 5.11 Å². The zero-order chi connectivity index (χ0) is 11.4. The van der Waals surface area contributed by atoms with E-state index in [1.807, 2.05) is 16.4 Å². The molecule has 0 aromatic rings. The maximum atomic E-state index is 9.43.